The molecule has 7 heteroatoms. The Morgan fingerprint density at radius 1 is 1.43 bits per heavy atom. The van der Waals surface area contributed by atoms with Crippen LogP contribution in [0.15, 0.2) is 35.4 Å². The second-order valence-corrected chi connectivity index (χ2v) is 8.10. The van der Waals surface area contributed by atoms with Gasteiger partial charge in [-0.15, -0.1) is 11.8 Å². The van der Waals surface area contributed by atoms with Crippen molar-refractivity contribution in [1.29, 1.82) is 0 Å². The van der Waals surface area contributed by atoms with Crippen LogP contribution in [-0.2, 0) is 11.3 Å². The normalized spacial score (nSPS) is 16.9. The number of carbonyl (C=O) groups excluding carboxylic acids is 1. The molecule has 3 rings (SSSR count). The van der Waals surface area contributed by atoms with Crippen molar-refractivity contribution in [1.82, 2.24) is 10.3 Å². The van der Waals surface area contributed by atoms with E-state index >= 15 is 0 Å². The van der Waals surface area contributed by atoms with Gasteiger partial charge in [-0.1, -0.05) is 19.1 Å². The van der Waals surface area contributed by atoms with E-state index in [4.69, 9.17) is 9.72 Å². The lowest BCUT2D eigenvalue weighted by Gasteiger charge is -2.32. The number of rotatable bonds is 6. The number of anilines is 1. The highest BCUT2D eigenvalue weighted by atomic mass is 32.2. The van der Waals surface area contributed by atoms with E-state index in [9.17, 15) is 9.18 Å². The maximum atomic E-state index is 13.4. The minimum Gasteiger partial charge on any atom is -0.375 e. The Hall–Kier alpha value is -2.12. The van der Waals surface area contributed by atoms with Crippen molar-refractivity contribution >= 4 is 23.5 Å². The van der Waals surface area contributed by atoms with Crippen molar-refractivity contribution < 1.29 is 13.9 Å². The highest BCUT2D eigenvalue weighted by Gasteiger charge is 2.22. The molecule has 1 aliphatic rings. The molecule has 28 heavy (non-hydrogen) atoms. The van der Waals surface area contributed by atoms with E-state index in [0.717, 1.165) is 40.8 Å². The summed E-state index contributed by atoms with van der Waals surface area (Å²) < 4.78 is 19.0. The molecule has 5 nitrogen and oxygen atoms in total. The molecule has 2 heterocycles. The zero-order chi connectivity index (χ0) is 20.1. The largest absolute Gasteiger partial charge is 0.375 e. The zero-order valence-corrected chi connectivity index (χ0v) is 17.3. The molecule has 1 unspecified atom stereocenters. The lowest BCUT2D eigenvalue weighted by atomic mass is 10.1. The summed E-state index contributed by atoms with van der Waals surface area (Å²) in [6.45, 7) is 8.55. The number of morpholine rings is 1. The minimum atomic E-state index is -0.309. The van der Waals surface area contributed by atoms with E-state index in [0.29, 0.717) is 12.2 Å². The number of benzene rings is 1. The van der Waals surface area contributed by atoms with Gasteiger partial charge in [-0.3, -0.25) is 4.79 Å². The van der Waals surface area contributed by atoms with Crippen LogP contribution >= 0.6 is 11.8 Å². The number of carbonyl (C=O) groups is 1. The maximum Gasteiger partial charge on any atom is 0.254 e. The van der Waals surface area contributed by atoms with Crippen LogP contribution in [0.4, 0.5) is 10.2 Å². The van der Waals surface area contributed by atoms with Gasteiger partial charge in [-0.2, -0.15) is 0 Å². The Balaban J connectivity index is 1.81. The lowest BCUT2D eigenvalue weighted by molar-refractivity contribution is 0.0529. The van der Waals surface area contributed by atoms with Crippen LogP contribution in [0.1, 0.15) is 35.3 Å². The first kappa shape index (κ1) is 20.6. The third kappa shape index (κ3) is 5.02. The smallest absolute Gasteiger partial charge is 0.254 e. The van der Waals surface area contributed by atoms with Crippen LogP contribution < -0.4 is 10.2 Å². The summed E-state index contributed by atoms with van der Waals surface area (Å²) in [5.41, 5.74) is 2.20. The number of ether oxygens (including phenoxy) is 1. The van der Waals surface area contributed by atoms with Crippen molar-refractivity contribution in [2.75, 3.05) is 30.3 Å². The molecule has 1 N–H and O–H groups in total. The monoisotopic (exact) mass is 403 g/mol. The predicted octanol–water partition coefficient (Wildman–Crippen LogP) is 3.80. The molecule has 1 aromatic heterocycles. The molecule has 1 aliphatic heterocycles. The maximum absolute atomic E-state index is 13.4. The van der Waals surface area contributed by atoms with Crippen LogP contribution in [0.5, 0.6) is 0 Å². The number of halogens is 1. The molecule has 1 atom stereocenters. The van der Waals surface area contributed by atoms with Crippen LogP contribution in [0.2, 0.25) is 0 Å². The van der Waals surface area contributed by atoms with Crippen molar-refractivity contribution in [2.45, 2.75) is 38.4 Å². The molecule has 0 saturated carbocycles. The van der Waals surface area contributed by atoms with Gasteiger partial charge in [-0.25, -0.2) is 9.37 Å². The van der Waals surface area contributed by atoms with Gasteiger partial charge in [-0.05, 0) is 48.9 Å². The van der Waals surface area contributed by atoms with E-state index < -0.39 is 0 Å². The molecule has 150 valence electrons. The summed E-state index contributed by atoms with van der Waals surface area (Å²) in [6.07, 6.45) is 0.160. The van der Waals surface area contributed by atoms with Gasteiger partial charge in [0.1, 0.15) is 16.7 Å². The molecule has 0 bridgehead atoms. The van der Waals surface area contributed by atoms with E-state index in [1.54, 1.807) is 23.9 Å². The SMILES string of the molecule is CCSc1nc(N2CCOC(C)C2)cc(C)c1C(=O)NCc1cccc(F)c1. The van der Waals surface area contributed by atoms with Gasteiger partial charge < -0.3 is 15.0 Å². The number of aryl methyl sites for hydroxylation is 1. The number of hydrogen-bond acceptors (Lipinski definition) is 5. The van der Waals surface area contributed by atoms with E-state index in [1.165, 1.54) is 12.1 Å². The van der Waals surface area contributed by atoms with Crippen molar-refractivity contribution in [2.24, 2.45) is 0 Å². The van der Waals surface area contributed by atoms with Crippen LogP contribution in [0, 0.1) is 12.7 Å². The molecule has 0 aliphatic carbocycles. The quantitative estimate of drug-likeness (QED) is 0.744. The third-order valence-electron chi connectivity index (χ3n) is 4.59. The predicted molar refractivity (Wildman–Crippen MR) is 111 cm³/mol. The summed E-state index contributed by atoms with van der Waals surface area (Å²) in [5.74, 6) is 1.20. The lowest BCUT2D eigenvalue weighted by Crippen LogP contribution is -2.41. The first-order valence-electron chi connectivity index (χ1n) is 9.51. The summed E-state index contributed by atoms with van der Waals surface area (Å²) >= 11 is 1.56. The molecule has 2 aromatic rings. The standard InChI is InChI=1S/C21H26FN3O2S/c1-4-28-21-19(20(26)23-12-16-6-5-7-17(22)11-16)14(2)10-18(24-21)25-8-9-27-15(3)13-25/h5-7,10-11,15H,4,8-9,12-13H2,1-3H3,(H,23,26). The van der Waals surface area contributed by atoms with E-state index in [-0.39, 0.29) is 24.4 Å². The molecular weight excluding hydrogens is 377 g/mol. The number of nitrogens with one attached hydrogen (secondary N) is 1. The molecule has 1 fully saturated rings. The second-order valence-electron chi connectivity index (χ2n) is 6.85. The third-order valence-corrected chi connectivity index (χ3v) is 5.44. The van der Waals surface area contributed by atoms with Crippen LogP contribution in [0.25, 0.3) is 0 Å². The van der Waals surface area contributed by atoms with E-state index in [2.05, 4.69) is 17.1 Å². The topological polar surface area (TPSA) is 54.5 Å². The summed E-state index contributed by atoms with van der Waals surface area (Å²) in [5, 5.41) is 3.63. The molecular formula is C21H26FN3O2S. The van der Waals surface area contributed by atoms with Crippen molar-refractivity contribution in [3.63, 3.8) is 0 Å². The number of nitrogens with zero attached hydrogens (tertiary/aromatic N) is 2. The van der Waals surface area contributed by atoms with Gasteiger partial charge in [0.15, 0.2) is 0 Å². The summed E-state index contributed by atoms with van der Waals surface area (Å²) in [6, 6.07) is 8.21. The summed E-state index contributed by atoms with van der Waals surface area (Å²) in [4.78, 5) is 19.9. The Bertz CT molecular complexity index is 846. The molecule has 1 amide bonds. The second kappa shape index (κ2) is 9.39. The number of thioether (sulfide) groups is 1. The fraction of sp³-hybridized carbons (Fsp3) is 0.429. The number of aromatic nitrogens is 1. The Labute approximate surface area is 169 Å². The molecule has 0 spiro atoms. The minimum absolute atomic E-state index is 0.160. The number of amides is 1. The van der Waals surface area contributed by atoms with Crippen LogP contribution in [0.3, 0.4) is 0 Å². The Kier molecular flexibility index (Phi) is 6.91. The zero-order valence-electron chi connectivity index (χ0n) is 16.5. The fourth-order valence-electron chi connectivity index (χ4n) is 3.25. The fourth-order valence-corrected chi connectivity index (χ4v) is 4.08. The van der Waals surface area contributed by atoms with Crippen LogP contribution in [-0.4, -0.2) is 42.4 Å². The molecule has 1 saturated heterocycles. The average Bonchev–Trinajstić information content (AvgIpc) is 2.66. The number of hydrogen-bond donors (Lipinski definition) is 1. The Morgan fingerprint density at radius 3 is 2.96 bits per heavy atom. The highest BCUT2D eigenvalue weighted by molar-refractivity contribution is 7.99. The average molecular weight is 404 g/mol. The van der Waals surface area contributed by atoms with Gasteiger partial charge in [0, 0.05) is 19.6 Å². The number of pyridine rings is 1. The van der Waals surface area contributed by atoms with Gasteiger partial charge in [0.25, 0.3) is 5.91 Å². The van der Waals surface area contributed by atoms with Crippen molar-refractivity contribution in [3.8, 4) is 0 Å². The van der Waals surface area contributed by atoms with Gasteiger partial charge in [0.2, 0.25) is 0 Å². The molecule has 0 radical (unpaired) electrons. The van der Waals surface area contributed by atoms with Gasteiger partial charge >= 0.3 is 0 Å². The molecule has 1 aromatic carbocycles. The Morgan fingerprint density at radius 2 is 2.25 bits per heavy atom. The highest BCUT2D eigenvalue weighted by Crippen LogP contribution is 2.28. The first-order valence-corrected chi connectivity index (χ1v) is 10.5. The summed E-state index contributed by atoms with van der Waals surface area (Å²) in [7, 11) is 0. The van der Waals surface area contributed by atoms with Crippen molar-refractivity contribution in [3.05, 3.63) is 52.8 Å². The van der Waals surface area contributed by atoms with E-state index in [1.807, 2.05) is 19.9 Å². The van der Waals surface area contributed by atoms with Gasteiger partial charge in [0.05, 0.1) is 18.3 Å². The first-order chi connectivity index (χ1) is 13.5.